The molecule has 96 valence electrons. The van der Waals surface area contributed by atoms with Crippen molar-refractivity contribution in [2.45, 2.75) is 12.5 Å². The standard InChI is InChI=1S/C15H15N3O/c1-16-14(8-11-6-7-19-10-11)15-9-17-12-4-2-3-5-13(12)18-15/h2-7,9-10,14,16H,8H2,1H3. The van der Waals surface area contributed by atoms with Gasteiger partial charge in [0.2, 0.25) is 0 Å². The van der Waals surface area contributed by atoms with E-state index in [0.717, 1.165) is 28.7 Å². The molecule has 3 rings (SSSR count). The number of nitrogens with one attached hydrogen (secondary N) is 1. The highest BCUT2D eigenvalue weighted by atomic mass is 16.3. The molecule has 1 N–H and O–H groups in total. The molecule has 4 heteroatoms. The Morgan fingerprint density at radius 3 is 2.79 bits per heavy atom. The normalized spacial score (nSPS) is 12.7. The van der Waals surface area contributed by atoms with Crippen molar-refractivity contribution in [3.05, 3.63) is 60.3 Å². The number of nitrogens with zero attached hydrogens (tertiary/aromatic N) is 2. The summed E-state index contributed by atoms with van der Waals surface area (Å²) in [5.74, 6) is 0. The second-order valence-corrected chi connectivity index (χ2v) is 4.46. The third-order valence-corrected chi connectivity index (χ3v) is 3.19. The topological polar surface area (TPSA) is 51.0 Å². The van der Waals surface area contributed by atoms with E-state index in [1.165, 1.54) is 0 Å². The largest absolute Gasteiger partial charge is 0.472 e. The minimum absolute atomic E-state index is 0.134. The number of likely N-dealkylation sites (N-methyl/N-ethyl adjacent to an activating group) is 1. The maximum absolute atomic E-state index is 5.10. The van der Waals surface area contributed by atoms with Gasteiger partial charge >= 0.3 is 0 Å². The number of aromatic nitrogens is 2. The van der Waals surface area contributed by atoms with Crippen molar-refractivity contribution in [3.63, 3.8) is 0 Å². The van der Waals surface area contributed by atoms with Crippen LogP contribution in [-0.2, 0) is 6.42 Å². The van der Waals surface area contributed by atoms with Gasteiger partial charge in [-0.05, 0) is 37.2 Å². The molecule has 0 saturated heterocycles. The van der Waals surface area contributed by atoms with Crippen LogP contribution in [0, 0.1) is 0 Å². The molecule has 4 nitrogen and oxygen atoms in total. The van der Waals surface area contributed by atoms with Crippen molar-refractivity contribution in [3.8, 4) is 0 Å². The maximum Gasteiger partial charge on any atom is 0.0935 e. The summed E-state index contributed by atoms with van der Waals surface area (Å²) in [6.07, 6.45) is 6.12. The van der Waals surface area contributed by atoms with Gasteiger partial charge in [0.25, 0.3) is 0 Å². The molecule has 0 radical (unpaired) electrons. The highest BCUT2D eigenvalue weighted by molar-refractivity contribution is 5.73. The van der Waals surface area contributed by atoms with Crippen LogP contribution in [0.15, 0.2) is 53.5 Å². The quantitative estimate of drug-likeness (QED) is 0.776. The van der Waals surface area contributed by atoms with Gasteiger partial charge in [0.1, 0.15) is 0 Å². The van der Waals surface area contributed by atoms with Crippen molar-refractivity contribution in [1.29, 1.82) is 0 Å². The molecule has 1 atom stereocenters. The van der Waals surface area contributed by atoms with Crippen LogP contribution >= 0.6 is 0 Å². The molecule has 0 saturated carbocycles. The van der Waals surface area contributed by atoms with E-state index in [2.05, 4.69) is 15.3 Å². The lowest BCUT2D eigenvalue weighted by Gasteiger charge is -2.14. The van der Waals surface area contributed by atoms with Crippen molar-refractivity contribution in [1.82, 2.24) is 15.3 Å². The maximum atomic E-state index is 5.10. The average Bonchev–Trinajstić information content (AvgIpc) is 2.97. The van der Waals surface area contributed by atoms with Crippen LogP contribution in [0.2, 0.25) is 0 Å². The zero-order valence-electron chi connectivity index (χ0n) is 10.7. The van der Waals surface area contributed by atoms with E-state index in [9.17, 15) is 0 Å². The molecule has 3 aromatic rings. The molecule has 1 aromatic carbocycles. The van der Waals surface area contributed by atoms with Gasteiger partial charge in [0.15, 0.2) is 0 Å². The predicted octanol–water partition coefficient (Wildman–Crippen LogP) is 2.73. The Morgan fingerprint density at radius 2 is 2.05 bits per heavy atom. The van der Waals surface area contributed by atoms with E-state index in [-0.39, 0.29) is 6.04 Å². The van der Waals surface area contributed by atoms with E-state index < -0.39 is 0 Å². The molecule has 0 fully saturated rings. The number of benzene rings is 1. The monoisotopic (exact) mass is 253 g/mol. The second-order valence-electron chi connectivity index (χ2n) is 4.46. The molecule has 0 amide bonds. The van der Waals surface area contributed by atoms with Crippen LogP contribution in [-0.4, -0.2) is 17.0 Å². The molecule has 0 aliphatic rings. The van der Waals surface area contributed by atoms with Gasteiger partial charge in [-0.1, -0.05) is 12.1 Å². The fourth-order valence-electron chi connectivity index (χ4n) is 2.14. The molecule has 2 aromatic heterocycles. The molecule has 0 bridgehead atoms. The van der Waals surface area contributed by atoms with E-state index in [4.69, 9.17) is 4.42 Å². The first-order chi connectivity index (χ1) is 9.36. The number of fused-ring (bicyclic) bond motifs is 1. The summed E-state index contributed by atoms with van der Waals surface area (Å²) in [6, 6.07) is 10.0. The van der Waals surface area contributed by atoms with Crippen LogP contribution in [0.1, 0.15) is 17.3 Å². The first kappa shape index (κ1) is 11.9. The Hall–Kier alpha value is -2.20. The molecule has 1 unspecified atom stereocenters. The highest BCUT2D eigenvalue weighted by Gasteiger charge is 2.13. The van der Waals surface area contributed by atoms with Crippen LogP contribution < -0.4 is 5.32 Å². The van der Waals surface area contributed by atoms with Gasteiger partial charge in [0, 0.05) is 0 Å². The number of hydrogen-bond acceptors (Lipinski definition) is 4. The van der Waals surface area contributed by atoms with E-state index in [1.54, 1.807) is 12.5 Å². The molecule has 0 aliphatic heterocycles. The van der Waals surface area contributed by atoms with Crippen molar-refractivity contribution in [2.24, 2.45) is 0 Å². The molecule has 19 heavy (non-hydrogen) atoms. The lowest BCUT2D eigenvalue weighted by atomic mass is 10.1. The van der Waals surface area contributed by atoms with Gasteiger partial charge in [-0.15, -0.1) is 0 Å². The third-order valence-electron chi connectivity index (χ3n) is 3.19. The number of furan rings is 1. The predicted molar refractivity (Wildman–Crippen MR) is 73.8 cm³/mol. The number of rotatable bonds is 4. The van der Waals surface area contributed by atoms with Crippen LogP contribution in [0.25, 0.3) is 11.0 Å². The highest BCUT2D eigenvalue weighted by Crippen LogP contribution is 2.18. The Labute approximate surface area is 111 Å². The van der Waals surface area contributed by atoms with E-state index in [1.807, 2.05) is 43.6 Å². The lowest BCUT2D eigenvalue weighted by Crippen LogP contribution is -2.20. The van der Waals surface area contributed by atoms with Gasteiger partial charge in [-0.3, -0.25) is 4.98 Å². The zero-order chi connectivity index (χ0) is 13.1. The van der Waals surface area contributed by atoms with E-state index >= 15 is 0 Å². The molecule has 2 heterocycles. The fourth-order valence-corrected chi connectivity index (χ4v) is 2.14. The Balaban J connectivity index is 1.92. The van der Waals surface area contributed by atoms with E-state index in [0.29, 0.717) is 0 Å². The van der Waals surface area contributed by atoms with Crippen molar-refractivity contribution < 1.29 is 4.42 Å². The van der Waals surface area contributed by atoms with Crippen LogP contribution in [0.4, 0.5) is 0 Å². The summed E-state index contributed by atoms with van der Waals surface area (Å²) in [7, 11) is 1.93. The Bertz CT molecular complexity index is 664. The summed E-state index contributed by atoms with van der Waals surface area (Å²) in [6.45, 7) is 0. The Morgan fingerprint density at radius 1 is 1.21 bits per heavy atom. The number of hydrogen-bond donors (Lipinski definition) is 1. The van der Waals surface area contributed by atoms with Gasteiger partial charge in [-0.2, -0.15) is 0 Å². The summed E-state index contributed by atoms with van der Waals surface area (Å²) in [5, 5.41) is 3.28. The van der Waals surface area contributed by atoms with Crippen LogP contribution in [0.5, 0.6) is 0 Å². The number of para-hydroxylation sites is 2. The summed E-state index contributed by atoms with van der Waals surface area (Å²) >= 11 is 0. The van der Waals surface area contributed by atoms with Crippen molar-refractivity contribution >= 4 is 11.0 Å². The molecular weight excluding hydrogens is 238 g/mol. The lowest BCUT2D eigenvalue weighted by molar-refractivity contribution is 0.547. The first-order valence-corrected chi connectivity index (χ1v) is 6.27. The Kier molecular flexibility index (Phi) is 3.25. The van der Waals surface area contributed by atoms with Crippen LogP contribution in [0.3, 0.4) is 0 Å². The summed E-state index contributed by atoms with van der Waals surface area (Å²) in [4.78, 5) is 9.12. The smallest absolute Gasteiger partial charge is 0.0935 e. The summed E-state index contributed by atoms with van der Waals surface area (Å²) in [5.41, 5.74) is 3.94. The van der Waals surface area contributed by atoms with Gasteiger partial charge in [0.05, 0.1) is 41.5 Å². The minimum atomic E-state index is 0.134. The SMILES string of the molecule is CNC(Cc1ccoc1)c1cnc2ccccc2n1. The molecular formula is C15H15N3O. The van der Waals surface area contributed by atoms with Gasteiger partial charge in [-0.25, -0.2) is 4.98 Å². The third kappa shape index (κ3) is 2.48. The fraction of sp³-hybridized carbons (Fsp3) is 0.200. The first-order valence-electron chi connectivity index (χ1n) is 6.27. The average molecular weight is 253 g/mol. The molecule has 0 aliphatic carbocycles. The van der Waals surface area contributed by atoms with Crippen molar-refractivity contribution in [2.75, 3.05) is 7.05 Å². The minimum Gasteiger partial charge on any atom is -0.472 e. The molecule has 0 spiro atoms. The summed E-state index contributed by atoms with van der Waals surface area (Å²) < 4.78 is 5.10. The second kappa shape index (κ2) is 5.20. The zero-order valence-corrected chi connectivity index (χ0v) is 10.7. The van der Waals surface area contributed by atoms with Gasteiger partial charge < -0.3 is 9.73 Å².